The molecule has 0 aromatic carbocycles. The van der Waals surface area contributed by atoms with E-state index in [1.54, 1.807) is 6.07 Å². The molecule has 3 rings (SSSR count). The maximum Gasteiger partial charge on any atom is 0.345 e. The van der Waals surface area contributed by atoms with E-state index in [4.69, 9.17) is 5.11 Å². The number of hydrogen-bond donors (Lipinski definition) is 1. The van der Waals surface area contributed by atoms with Crippen molar-refractivity contribution in [2.75, 3.05) is 6.54 Å². The average Bonchev–Trinajstić information content (AvgIpc) is 3.10. The summed E-state index contributed by atoms with van der Waals surface area (Å²) in [7, 11) is 1.94. The van der Waals surface area contributed by atoms with Crippen molar-refractivity contribution in [2.45, 2.75) is 32.4 Å². The van der Waals surface area contributed by atoms with Crippen LogP contribution in [0.25, 0.3) is 0 Å². The molecular weight excluding hydrogens is 286 g/mol. The molecule has 0 aliphatic carbocycles. The van der Waals surface area contributed by atoms with Gasteiger partial charge < -0.3 is 5.11 Å². The molecular formula is C15H19N3O2S. The zero-order valence-electron chi connectivity index (χ0n) is 12.2. The van der Waals surface area contributed by atoms with Crippen LogP contribution < -0.4 is 0 Å². The Morgan fingerprint density at radius 3 is 2.95 bits per heavy atom. The summed E-state index contributed by atoms with van der Waals surface area (Å²) in [6.07, 6.45) is 4.27. The Bertz CT molecular complexity index is 662. The SMILES string of the molecule is Cc1cn(C)nc1CN1CCCC1c1ccc(C(=O)O)s1. The lowest BCUT2D eigenvalue weighted by atomic mass is 10.1. The topological polar surface area (TPSA) is 58.4 Å². The molecule has 0 radical (unpaired) electrons. The van der Waals surface area contributed by atoms with Crippen molar-refractivity contribution >= 4 is 17.3 Å². The molecule has 1 unspecified atom stereocenters. The number of carboxylic acid groups (broad SMARTS) is 1. The fourth-order valence-electron chi connectivity index (χ4n) is 2.99. The second-order valence-electron chi connectivity index (χ2n) is 5.57. The minimum absolute atomic E-state index is 0.324. The van der Waals surface area contributed by atoms with E-state index in [-0.39, 0.29) is 0 Å². The van der Waals surface area contributed by atoms with Gasteiger partial charge in [0.1, 0.15) is 4.88 Å². The summed E-state index contributed by atoms with van der Waals surface area (Å²) in [5.74, 6) is -0.837. The number of hydrogen-bond acceptors (Lipinski definition) is 4. The molecule has 0 amide bonds. The van der Waals surface area contributed by atoms with Crippen LogP contribution in [0.15, 0.2) is 18.3 Å². The Morgan fingerprint density at radius 1 is 1.52 bits per heavy atom. The number of carbonyl (C=O) groups is 1. The largest absolute Gasteiger partial charge is 0.477 e. The number of nitrogens with zero attached hydrogens (tertiary/aromatic N) is 3. The highest BCUT2D eigenvalue weighted by atomic mass is 32.1. The van der Waals surface area contributed by atoms with E-state index in [2.05, 4.69) is 16.9 Å². The summed E-state index contributed by atoms with van der Waals surface area (Å²) in [6.45, 7) is 3.96. The predicted molar refractivity (Wildman–Crippen MR) is 81.6 cm³/mol. The highest BCUT2D eigenvalue weighted by molar-refractivity contribution is 7.14. The molecule has 0 spiro atoms. The van der Waals surface area contributed by atoms with Gasteiger partial charge in [-0.1, -0.05) is 0 Å². The molecule has 1 saturated heterocycles. The molecule has 1 aliphatic heterocycles. The first-order valence-electron chi connectivity index (χ1n) is 7.11. The number of thiophene rings is 1. The van der Waals surface area contributed by atoms with Gasteiger partial charge in [-0.25, -0.2) is 4.79 Å². The molecule has 1 fully saturated rings. The molecule has 1 N–H and O–H groups in total. The molecule has 0 bridgehead atoms. The normalized spacial score (nSPS) is 19.2. The first-order valence-corrected chi connectivity index (χ1v) is 7.92. The maximum absolute atomic E-state index is 11.0. The van der Waals surface area contributed by atoms with Crippen LogP contribution in [-0.4, -0.2) is 32.3 Å². The van der Waals surface area contributed by atoms with Crippen LogP contribution >= 0.6 is 11.3 Å². The third kappa shape index (κ3) is 2.87. The van der Waals surface area contributed by atoms with E-state index < -0.39 is 5.97 Å². The van der Waals surface area contributed by atoms with Crippen molar-refractivity contribution in [3.8, 4) is 0 Å². The smallest absolute Gasteiger partial charge is 0.345 e. The van der Waals surface area contributed by atoms with Crippen molar-refractivity contribution in [1.82, 2.24) is 14.7 Å². The Hall–Kier alpha value is -1.66. The summed E-state index contributed by atoms with van der Waals surface area (Å²) in [5, 5.41) is 13.6. The van der Waals surface area contributed by atoms with Crippen molar-refractivity contribution in [1.29, 1.82) is 0 Å². The number of rotatable bonds is 4. The molecule has 2 aromatic rings. The quantitative estimate of drug-likeness (QED) is 0.943. The van der Waals surface area contributed by atoms with Gasteiger partial charge in [-0.3, -0.25) is 9.58 Å². The van der Waals surface area contributed by atoms with Gasteiger partial charge in [-0.2, -0.15) is 5.10 Å². The number of aryl methyl sites for hydroxylation is 2. The van der Waals surface area contributed by atoms with Gasteiger partial charge in [0, 0.05) is 30.7 Å². The lowest BCUT2D eigenvalue weighted by Crippen LogP contribution is -2.22. The summed E-state index contributed by atoms with van der Waals surface area (Å²) >= 11 is 1.40. The molecule has 6 heteroatoms. The zero-order valence-corrected chi connectivity index (χ0v) is 13.1. The summed E-state index contributed by atoms with van der Waals surface area (Å²) < 4.78 is 1.85. The van der Waals surface area contributed by atoms with Crippen LogP contribution in [0.1, 0.15) is 44.7 Å². The van der Waals surface area contributed by atoms with E-state index in [0.29, 0.717) is 10.9 Å². The zero-order chi connectivity index (χ0) is 15.0. The molecule has 2 aromatic heterocycles. The molecule has 112 valence electrons. The van der Waals surface area contributed by atoms with E-state index in [0.717, 1.165) is 36.5 Å². The second-order valence-corrected chi connectivity index (χ2v) is 6.68. The van der Waals surface area contributed by atoms with Gasteiger partial charge in [-0.15, -0.1) is 11.3 Å². The number of likely N-dealkylation sites (tertiary alicyclic amines) is 1. The molecule has 21 heavy (non-hydrogen) atoms. The van der Waals surface area contributed by atoms with Gasteiger partial charge in [-0.05, 0) is 44.0 Å². The van der Waals surface area contributed by atoms with E-state index in [9.17, 15) is 4.79 Å². The van der Waals surface area contributed by atoms with Gasteiger partial charge in [0.05, 0.1) is 5.69 Å². The Kier molecular flexibility index (Phi) is 3.82. The van der Waals surface area contributed by atoms with Crippen LogP contribution in [0, 0.1) is 6.92 Å². The van der Waals surface area contributed by atoms with Crippen LogP contribution in [0.3, 0.4) is 0 Å². The molecule has 0 saturated carbocycles. The van der Waals surface area contributed by atoms with E-state index >= 15 is 0 Å². The minimum atomic E-state index is -0.837. The maximum atomic E-state index is 11.0. The van der Waals surface area contributed by atoms with Crippen molar-refractivity contribution < 1.29 is 9.90 Å². The summed E-state index contributed by atoms with van der Waals surface area (Å²) in [4.78, 5) is 15.0. The number of aromatic carboxylic acids is 1. The predicted octanol–water partition coefficient (Wildman–Crippen LogP) is 2.83. The molecule has 5 nitrogen and oxygen atoms in total. The standard InChI is InChI=1S/C15H19N3O2S/c1-10-8-17(2)16-11(10)9-18-7-3-4-12(18)13-5-6-14(21-13)15(19)20/h5-6,8,12H,3-4,7,9H2,1-2H3,(H,19,20). The molecule has 1 aliphatic rings. The van der Waals surface area contributed by atoms with Gasteiger partial charge in [0.25, 0.3) is 0 Å². The van der Waals surface area contributed by atoms with Gasteiger partial charge in [0.2, 0.25) is 0 Å². The lowest BCUT2D eigenvalue weighted by molar-refractivity contribution is 0.0702. The monoisotopic (exact) mass is 305 g/mol. The van der Waals surface area contributed by atoms with Gasteiger partial charge >= 0.3 is 5.97 Å². The third-order valence-corrected chi connectivity index (χ3v) is 5.17. The highest BCUT2D eigenvalue weighted by Gasteiger charge is 2.28. The first-order chi connectivity index (χ1) is 10.0. The highest BCUT2D eigenvalue weighted by Crippen LogP contribution is 2.36. The summed E-state index contributed by atoms with van der Waals surface area (Å²) in [5.41, 5.74) is 2.32. The number of aromatic nitrogens is 2. The fraction of sp³-hybridized carbons (Fsp3) is 0.467. The summed E-state index contributed by atoms with van der Waals surface area (Å²) in [6, 6.07) is 4.00. The van der Waals surface area contributed by atoms with Crippen LogP contribution in [-0.2, 0) is 13.6 Å². The Morgan fingerprint density at radius 2 is 2.33 bits per heavy atom. The van der Waals surface area contributed by atoms with Crippen LogP contribution in [0.2, 0.25) is 0 Å². The van der Waals surface area contributed by atoms with E-state index in [1.807, 2.05) is 24.0 Å². The van der Waals surface area contributed by atoms with Crippen molar-refractivity contribution in [2.24, 2.45) is 7.05 Å². The first kappa shape index (κ1) is 14.3. The molecule has 3 heterocycles. The molecule has 1 atom stereocenters. The van der Waals surface area contributed by atoms with E-state index in [1.165, 1.54) is 16.9 Å². The van der Waals surface area contributed by atoms with Gasteiger partial charge in [0.15, 0.2) is 0 Å². The third-order valence-electron chi connectivity index (χ3n) is 4.00. The fourth-order valence-corrected chi connectivity index (χ4v) is 4.00. The van der Waals surface area contributed by atoms with Crippen LogP contribution in [0.5, 0.6) is 0 Å². The Balaban J connectivity index is 1.78. The lowest BCUT2D eigenvalue weighted by Gasteiger charge is -2.22. The minimum Gasteiger partial charge on any atom is -0.477 e. The number of carboxylic acids is 1. The Labute approximate surface area is 127 Å². The van der Waals surface area contributed by atoms with Crippen molar-refractivity contribution in [3.63, 3.8) is 0 Å². The average molecular weight is 305 g/mol. The van der Waals surface area contributed by atoms with Crippen LogP contribution in [0.4, 0.5) is 0 Å². The van der Waals surface area contributed by atoms with Crippen molar-refractivity contribution in [3.05, 3.63) is 39.3 Å². The second kappa shape index (κ2) is 5.61.